The molecule has 1 N–H and O–H groups in total. The zero-order valence-electron chi connectivity index (χ0n) is 15.0. The normalized spacial score (nSPS) is 12.5. The predicted octanol–water partition coefficient (Wildman–Crippen LogP) is 5.98. The zero-order chi connectivity index (χ0) is 17.5. The van der Waals surface area contributed by atoms with E-state index in [1.807, 2.05) is 30.3 Å². The molecule has 0 spiro atoms. The first-order chi connectivity index (χ1) is 11.5. The standard InChI is InChI=1S/C22H27NO/c1-5-17(4)20-11-13-21(14-12-20)23-22(24)15-8-18-6-9-19(10-7-18)16(2)3/h6-17H,5H2,1-4H3,(H,23,24)/b15-8+/t17-/m0/s1. The van der Waals surface area contributed by atoms with E-state index in [1.54, 1.807) is 6.08 Å². The minimum atomic E-state index is -0.112. The highest BCUT2D eigenvalue weighted by molar-refractivity contribution is 6.01. The van der Waals surface area contributed by atoms with Crippen LogP contribution in [0.15, 0.2) is 54.6 Å². The zero-order valence-corrected chi connectivity index (χ0v) is 15.0. The van der Waals surface area contributed by atoms with E-state index in [0.717, 1.165) is 17.7 Å². The largest absolute Gasteiger partial charge is 0.323 e. The number of hydrogen-bond donors (Lipinski definition) is 1. The number of hydrogen-bond acceptors (Lipinski definition) is 1. The van der Waals surface area contributed by atoms with E-state index in [-0.39, 0.29) is 5.91 Å². The van der Waals surface area contributed by atoms with Crippen LogP contribution < -0.4 is 5.32 Å². The Labute approximate surface area is 145 Å². The smallest absolute Gasteiger partial charge is 0.248 e. The van der Waals surface area contributed by atoms with Crippen molar-refractivity contribution in [2.24, 2.45) is 0 Å². The summed E-state index contributed by atoms with van der Waals surface area (Å²) >= 11 is 0. The third-order valence-corrected chi connectivity index (χ3v) is 4.39. The fourth-order valence-corrected chi connectivity index (χ4v) is 2.48. The Morgan fingerprint density at radius 2 is 1.54 bits per heavy atom. The van der Waals surface area contributed by atoms with Crippen molar-refractivity contribution < 1.29 is 4.79 Å². The third-order valence-electron chi connectivity index (χ3n) is 4.39. The van der Waals surface area contributed by atoms with Crippen LogP contribution in [0.1, 0.15) is 62.6 Å². The molecule has 0 bridgehead atoms. The number of rotatable bonds is 6. The van der Waals surface area contributed by atoms with Crippen LogP contribution in [-0.4, -0.2) is 5.91 Å². The van der Waals surface area contributed by atoms with Crippen molar-refractivity contribution in [3.63, 3.8) is 0 Å². The van der Waals surface area contributed by atoms with Crippen LogP contribution in [0, 0.1) is 0 Å². The lowest BCUT2D eigenvalue weighted by Gasteiger charge is -2.09. The average Bonchev–Trinajstić information content (AvgIpc) is 2.60. The van der Waals surface area contributed by atoms with Gasteiger partial charge in [0, 0.05) is 11.8 Å². The van der Waals surface area contributed by atoms with Gasteiger partial charge in [0.15, 0.2) is 0 Å². The molecular weight excluding hydrogens is 294 g/mol. The van der Waals surface area contributed by atoms with Gasteiger partial charge in [-0.05, 0) is 53.2 Å². The van der Waals surface area contributed by atoms with E-state index in [1.165, 1.54) is 11.1 Å². The number of benzene rings is 2. The SMILES string of the molecule is CC[C@H](C)c1ccc(NC(=O)/C=C/c2ccc(C(C)C)cc2)cc1. The van der Waals surface area contributed by atoms with Crippen LogP contribution in [0.25, 0.3) is 6.08 Å². The van der Waals surface area contributed by atoms with E-state index < -0.39 is 0 Å². The van der Waals surface area contributed by atoms with Gasteiger partial charge in [0.25, 0.3) is 0 Å². The molecule has 0 aliphatic rings. The van der Waals surface area contributed by atoms with Crippen molar-refractivity contribution >= 4 is 17.7 Å². The fourth-order valence-electron chi connectivity index (χ4n) is 2.48. The number of amides is 1. The number of nitrogens with one attached hydrogen (secondary N) is 1. The first-order valence-electron chi connectivity index (χ1n) is 8.68. The van der Waals surface area contributed by atoms with Gasteiger partial charge in [-0.2, -0.15) is 0 Å². The van der Waals surface area contributed by atoms with Crippen LogP contribution in [0.4, 0.5) is 5.69 Å². The lowest BCUT2D eigenvalue weighted by molar-refractivity contribution is -0.111. The molecule has 2 aromatic rings. The molecule has 0 saturated heterocycles. The molecule has 0 heterocycles. The first-order valence-corrected chi connectivity index (χ1v) is 8.68. The molecule has 2 aromatic carbocycles. The molecule has 0 aliphatic heterocycles. The molecule has 0 aromatic heterocycles. The van der Waals surface area contributed by atoms with Gasteiger partial charge < -0.3 is 5.32 Å². The summed E-state index contributed by atoms with van der Waals surface area (Å²) in [7, 11) is 0. The van der Waals surface area contributed by atoms with Gasteiger partial charge in [-0.1, -0.05) is 64.1 Å². The topological polar surface area (TPSA) is 29.1 Å². The molecule has 24 heavy (non-hydrogen) atoms. The molecule has 0 saturated carbocycles. The predicted molar refractivity (Wildman–Crippen MR) is 103 cm³/mol. The molecule has 0 radical (unpaired) electrons. The van der Waals surface area contributed by atoms with Crippen LogP contribution in [0.5, 0.6) is 0 Å². The van der Waals surface area contributed by atoms with Crippen molar-refractivity contribution in [3.05, 3.63) is 71.3 Å². The molecule has 0 unspecified atom stereocenters. The molecule has 126 valence electrons. The molecule has 2 nitrogen and oxygen atoms in total. The summed E-state index contributed by atoms with van der Waals surface area (Å²) in [6.07, 6.45) is 4.53. The summed E-state index contributed by atoms with van der Waals surface area (Å²) in [6.45, 7) is 8.73. The monoisotopic (exact) mass is 321 g/mol. The molecule has 2 rings (SSSR count). The van der Waals surface area contributed by atoms with Crippen molar-refractivity contribution in [2.45, 2.75) is 46.0 Å². The lowest BCUT2D eigenvalue weighted by Crippen LogP contribution is -2.07. The van der Waals surface area contributed by atoms with Gasteiger partial charge in [-0.15, -0.1) is 0 Å². The second-order valence-corrected chi connectivity index (χ2v) is 6.58. The molecule has 2 heteroatoms. The Morgan fingerprint density at radius 1 is 0.958 bits per heavy atom. The minimum absolute atomic E-state index is 0.112. The van der Waals surface area contributed by atoms with E-state index in [4.69, 9.17) is 0 Å². The summed E-state index contributed by atoms with van der Waals surface area (Å²) < 4.78 is 0. The van der Waals surface area contributed by atoms with Crippen molar-refractivity contribution in [2.75, 3.05) is 5.32 Å². The van der Waals surface area contributed by atoms with Crippen LogP contribution >= 0.6 is 0 Å². The van der Waals surface area contributed by atoms with Gasteiger partial charge in [0.2, 0.25) is 5.91 Å². The maximum atomic E-state index is 12.0. The molecule has 1 amide bonds. The highest BCUT2D eigenvalue weighted by atomic mass is 16.1. The quantitative estimate of drug-likeness (QED) is 0.652. The highest BCUT2D eigenvalue weighted by Gasteiger charge is 2.03. The Bertz CT molecular complexity index is 681. The van der Waals surface area contributed by atoms with E-state index in [0.29, 0.717) is 11.8 Å². The van der Waals surface area contributed by atoms with Crippen molar-refractivity contribution in [1.29, 1.82) is 0 Å². The summed E-state index contributed by atoms with van der Waals surface area (Å²) in [6, 6.07) is 16.4. The van der Waals surface area contributed by atoms with Crippen LogP contribution in [0.2, 0.25) is 0 Å². The molecule has 0 aliphatic carbocycles. The van der Waals surface area contributed by atoms with E-state index in [2.05, 4.69) is 57.3 Å². The van der Waals surface area contributed by atoms with Crippen molar-refractivity contribution in [3.8, 4) is 0 Å². The van der Waals surface area contributed by atoms with Crippen LogP contribution in [0.3, 0.4) is 0 Å². The second kappa shape index (κ2) is 8.49. The maximum Gasteiger partial charge on any atom is 0.248 e. The molecular formula is C22H27NO. The molecule has 0 fully saturated rings. The number of anilines is 1. The Balaban J connectivity index is 1.94. The Kier molecular flexibility index (Phi) is 6.36. The third kappa shape index (κ3) is 5.09. The summed E-state index contributed by atoms with van der Waals surface area (Å²) in [5.41, 5.74) is 4.46. The number of carbonyl (C=O) groups excluding carboxylic acids is 1. The van der Waals surface area contributed by atoms with Gasteiger partial charge in [0.05, 0.1) is 0 Å². The average molecular weight is 321 g/mol. The Hall–Kier alpha value is -2.35. The highest BCUT2D eigenvalue weighted by Crippen LogP contribution is 2.20. The maximum absolute atomic E-state index is 12.0. The summed E-state index contributed by atoms with van der Waals surface area (Å²) in [4.78, 5) is 12.0. The van der Waals surface area contributed by atoms with Crippen LogP contribution in [-0.2, 0) is 4.79 Å². The number of carbonyl (C=O) groups is 1. The minimum Gasteiger partial charge on any atom is -0.323 e. The van der Waals surface area contributed by atoms with Gasteiger partial charge in [-0.3, -0.25) is 4.79 Å². The molecule has 1 atom stereocenters. The fraction of sp³-hybridized carbons (Fsp3) is 0.318. The second-order valence-electron chi connectivity index (χ2n) is 6.58. The first kappa shape index (κ1) is 18.0. The van der Waals surface area contributed by atoms with Gasteiger partial charge in [-0.25, -0.2) is 0 Å². The van der Waals surface area contributed by atoms with Gasteiger partial charge in [0.1, 0.15) is 0 Å². The van der Waals surface area contributed by atoms with E-state index in [9.17, 15) is 4.79 Å². The Morgan fingerprint density at radius 3 is 2.08 bits per heavy atom. The van der Waals surface area contributed by atoms with Crippen molar-refractivity contribution in [1.82, 2.24) is 0 Å². The summed E-state index contributed by atoms with van der Waals surface area (Å²) in [5.74, 6) is 0.951. The van der Waals surface area contributed by atoms with E-state index >= 15 is 0 Å². The lowest BCUT2D eigenvalue weighted by atomic mass is 9.99. The van der Waals surface area contributed by atoms with Gasteiger partial charge >= 0.3 is 0 Å². The summed E-state index contributed by atoms with van der Waals surface area (Å²) in [5, 5.41) is 2.90.